The number of ether oxygens (including phenoxy) is 2. The molecule has 8 nitrogen and oxygen atoms in total. The summed E-state index contributed by atoms with van der Waals surface area (Å²) in [5.41, 5.74) is 6.04. The van der Waals surface area contributed by atoms with Crippen molar-refractivity contribution < 1.29 is 22.7 Å². The van der Waals surface area contributed by atoms with Crippen LogP contribution in [0.1, 0.15) is 42.0 Å². The smallest absolute Gasteiger partial charge is 0.258 e. The van der Waals surface area contributed by atoms with Gasteiger partial charge in [0.05, 0.1) is 30.3 Å². The van der Waals surface area contributed by atoms with Crippen LogP contribution in [0.3, 0.4) is 0 Å². The van der Waals surface area contributed by atoms with Gasteiger partial charge in [0, 0.05) is 53.9 Å². The van der Waals surface area contributed by atoms with Gasteiger partial charge < -0.3 is 18.9 Å². The number of hydrogen-bond donors (Lipinski definition) is 0. The number of fused-ring (bicyclic) bond motifs is 2. The quantitative estimate of drug-likeness (QED) is 0.243. The zero-order valence-corrected chi connectivity index (χ0v) is 25.9. The number of aryl methyl sites for hydroxylation is 1. The predicted octanol–water partition coefficient (Wildman–Crippen LogP) is 5.69. The summed E-state index contributed by atoms with van der Waals surface area (Å²) in [6.07, 6.45) is 3.92. The molecule has 3 heterocycles. The van der Waals surface area contributed by atoms with Gasteiger partial charge in [-0.2, -0.15) is 4.31 Å². The molecular weight excluding hydrogens is 562 g/mol. The zero-order chi connectivity index (χ0) is 30.3. The Morgan fingerprint density at radius 1 is 1.02 bits per heavy atom. The number of benzene rings is 3. The van der Waals surface area contributed by atoms with Crippen molar-refractivity contribution in [1.82, 2.24) is 8.87 Å². The van der Waals surface area contributed by atoms with Crippen LogP contribution in [0.4, 0.5) is 5.69 Å². The maximum absolute atomic E-state index is 13.5. The molecule has 1 aromatic heterocycles. The van der Waals surface area contributed by atoms with E-state index in [4.69, 9.17) is 9.47 Å². The maximum atomic E-state index is 13.5. The van der Waals surface area contributed by atoms with Crippen molar-refractivity contribution in [3.8, 4) is 5.75 Å². The third kappa shape index (κ3) is 5.48. The Balaban J connectivity index is 1.33. The molecule has 0 radical (unpaired) electrons. The van der Waals surface area contributed by atoms with Crippen molar-refractivity contribution in [2.45, 2.75) is 38.1 Å². The van der Waals surface area contributed by atoms with Crippen LogP contribution in [0.15, 0.2) is 71.8 Å². The average Bonchev–Trinajstić information content (AvgIpc) is 3.47. The van der Waals surface area contributed by atoms with Crippen molar-refractivity contribution in [2.24, 2.45) is 0 Å². The van der Waals surface area contributed by atoms with E-state index < -0.39 is 10.0 Å². The summed E-state index contributed by atoms with van der Waals surface area (Å²) < 4.78 is 42.0. The van der Waals surface area contributed by atoms with Gasteiger partial charge in [-0.25, -0.2) is 8.42 Å². The van der Waals surface area contributed by atoms with Crippen LogP contribution in [-0.2, 0) is 26.1 Å². The fourth-order valence-corrected chi connectivity index (χ4v) is 7.33. The lowest BCUT2D eigenvalue weighted by Crippen LogP contribution is -2.40. The third-order valence-electron chi connectivity index (χ3n) is 8.26. The molecule has 0 N–H and O–H groups in total. The Morgan fingerprint density at radius 2 is 1.79 bits per heavy atom. The van der Waals surface area contributed by atoms with Gasteiger partial charge in [0.25, 0.3) is 5.91 Å². The molecule has 0 unspecified atom stereocenters. The maximum Gasteiger partial charge on any atom is 0.258 e. The number of carbonyl (C=O) groups excluding carboxylic acids is 1. The molecule has 224 valence electrons. The lowest BCUT2D eigenvalue weighted by atomic mass is 10.0. The third-order valence-corrected chi connectivity index (χ3v) is 10.2. The second-order valence-corrected chi connectivity index (χ2v) is 13.4. The number of amides is 1. The molecule has 0 saturated carbocycles. The highest BCUT2D eigenvalue weighted by atomic mass is 32.2. The second kappa shape index (κ2) is 11.6. The standard InChI is InChI=1S/C34H37N3O5S/c1-23(2)27-11-9-24(3)19-33(27)42-18-13-36-22-25(28-7-5-6-8-32(28)36)20-30-29-21-26(10-12-31(29)35(4)34(30)38)43(39,40)37-14-16-41-17-15-37/h5-12,19-23H,13-18H2,1-4H3/b30-20-. The average molecular weight is 600 g/mol. The zero-order valence-electron chi connectivity index (χ0n) is 25.0. The van der Waals surface area contributed by atoms with Gasteiger partial charge in [0.2, 0.25) is 10.0 Å². The molecule has 0 spiro atoms. The Kier molecular flexibility index (Phi) is 7.89. The van der Waals surface area contributed by atoms with Crippen LogP contribution in [-0.4, -0.2) is 63.2 Å². The summed E-state index contributed by atoms with van der Waals surface area (Å²) in [7, 11) is -1.99. The van der Waals surface area contributed by atoms with Crippen molar-refractivity contribution in [3.63, 3.8) is 0 Å². The Morgan fingerprint density at radius 3 is 2.56 bits per heavy atom. The number of nitrogens with zero attached hydrogens (tertiary/aromatic N) is 3. The van der Waals surface area contributed by atoms with Crippen LogP contribution in [0, 0.1) is 6.92 Å². The molecule has 3 aromatic carbocycles. The molecule has 1 amide bonds. The first kappa shape index (κ1) is 29.2. The van der Waals surface area contributed by atoms with E-state index in [0.717, 1.165) is 27.8 Å². The van der Waals surface area contributed by atoms with Gasteiger partial charge in [0.1, 0.15) is 12.4 Å². The highest BCUT2D eigenvalue weighted by molar-refractivity contribution is 7.89. The van der Waals surface area contributed by atoms with Crippen molar-refractivity contribution in [3.05, 3.63) is 89.1 Å². The number of carbonyl (C=O) groups is 1. The number of aromatic nitrogens is 1. The van der Waals surface area contributed by atoms with Gasteiger partial charge in [-0.1, -0.05) is 44.2 Å². The Hall–Kier alpha value is -3.92. The first-order chi connectivity index (χ1) is 20.6. The molecule has 4 aromatic rings. The van der Waals surface area contributed by atoms with E-state index in [1.165, 1.54) is 9.87 Å². The normalized spacial score (nSPS) is 16.9. The van der Waals surface area contributed by atoms with Gasteiger partial charge >= 0.3 is 0 Å². The topological polar surface area (TPSA) is 81.1 Å². The lowest BCUT2D eigenvalue weighted by molar-refractivity contribution is -0.112. The largest absolute Gasteiger partial charge is 0.491 e. The van der Waals surface area contributed by atoms with E-state index in [1.54, 1.807) is 30.1 Å². The number of sulfonamides is 1. The number of para-hydroxylation sites is 1. The van der Waals surface area contributed by atoms with Crippen LogP contribution in [0.5, 0.6) is 5.75 Å². The second-order valence-electron chi connectivity index (χ2n) is 11.5. The van der Waals surface area contributed by atoms with Crippen molar-refractivity contribution >= 4 is 44.2 Å². The minimum absolute atomic E-state index is 0.170. The molecule has 43 heavy (non-hydrogen) atoms. The number of likely N-dealkylation sites (N-methyl/N-ethyl adjacent to an activating group) is 1. The number of morpholine rings is 1. The Labute approximate surface area is 253 Å². The lowest BCUT2D eigenvalue weighted by Gasteiger charge is -2.26. The summed E-state index contributed by atoms with van der Waals surface area (Å²) in [6, 6.07) is 19.4. The Bertz CT molecular complexity index is 1830. The van der Waals surface area contributed by atoms with Gasteiger partial charge in [-0.3, -0.25) is 4.79 Å². The molecule has 9 heteroatoms. The van der Waals surface area contributed by atoms with E-state index in [0.29, 0.717) is 62.2 Å². The summed E-state index contributed by atoms with van der Waals surface area (Å²) in [6.45, 7) is 8.88. The summed E-state index contributed by atoms with van der Waals surface area (Å²) in [5.74, 6) is 1.10. The fraction of sp³-hybridized carbons (Fsp3) is 0.324. The summed E-state index contributed by atoms with van der Waals surface area (Å²) in [5, 5.41) is 1.01. The molecule has 0 atom stereocenters. The number of hydrogen-bond acceptors (Lipinski definition) is 5. The first-order valence-corrected chi connectivity index (χ1v) is 16.1. The molecule has 2 aliphatic rings. The van der Waals surface area contributed by atoms with E-state index in [-0.39, 0.29) is 10.8 Å². The minimum Gasteiger partial charge on any atom is -0.491 e. The highest BCUT2D eigenvalue weighted by Crippen LogP contribution is 2.39. The van der Waals surface area contributed by atoms with Crippen LogP contribution in [0.25, 0.3) is 22.6 Å². The van der Waals surface area contributed by atoms with E-state index >= 15 is 0 Å². The summed E-state index contributed by atoms with van der Waals surface area (Å²) >= 11 is 0. The summed E-state index contributed by atoms with van der Waals surface area (Å²) in [4.78, 5) is 15.2. The van der Waals surface area contributed by atoms with Crippen molar-refractivity contribution in [2.75, 3.05) is 44.9 Å². The monoisotopic (exact) mass is 599 g/mol. The van der Waals surface area contributed by atoms with Crippen LogP contribution < -0.4 is 9.64 Å². The SMILES string of the molecule is Cc1ccc(C(C)C)c(OCCn2cc(/C=C3\C(=O)N(C)c4ccc(S(=O)(=O)N5CCOCC5)cc43)c3ccccc32)c1. The molecule has 0 bridgehead atoms. The molecule has 1 saturated heterocycles. The molecule has 1 fully saturated rings. The minimum atomic E-state index is -3.71. The molecule has 2 aliphatic heterocycles. The van der Waals surface area contributed by atoms with Crippen LogP contribution >= 0.6 is 0 Å². The van der Waals surface area contributed by atoms with E-state index in [1.807, 2.05) is 30.5 Å². The molecule has 0 aliphatic carbocycles. The van der Waals surface area contributed by atoms with E-state index in [2.05, 4.69) is 49.6 Å². The van der Waals surface area contributed by atoms with Gasteiger partial charge in [-0.05, 0) is 60.4 Å². The van der Waals surface area contributed by atoms with E-state index in [9.17, 15) is 13.2 Å². The molecular formula is C34H37N3O5S. The first-order valence-electron chi connectivity index (χ1n) is 14.7. The number of rotatable bonds is 8. The predicted molar refractivity (Wildman–Crippen MR) is 170 cm³/mol. The van der Waals surface area contributed by atoms with Crippen molar-refractivity contribution in [1.29, 1.82) is 0 Å². The number of anilines is 1. The van der Waals surface area contributed by atoms with Gasteiger partial charge in [-0.15, -0.1) is 0 Å². The highest BCUT2D eigenvalue weighted by Gasteiger charge is 2.33. The van der Waals surface area contributed by atoms with Gasteiger partial charge in [0.15, 0.2) is 0 Å². The van der Waals surface area contributed by atoms with Crippen LogP contribution in [0.2, 0.25) is 0 Å². The molecule has 6 rings (SSSR count). The fourth-order valence-electron chi connectivity index (χ4n) is 5.89.